The van der Waals surface area contributed by atoms with E-state index >= 15 is 0 Å². The molecule has 0 aliphatic rings. The molecule has 3 aromatic carbocycles. The van der Waals surface area contributed by atoms with E-state index in [1.54, 1.807) is 23.0 Å². The molecule has 214 valence electrons. The molecule has 1 heterocycles. The second kappa shape index (κ2) is 14.3. The fraction of sp³-hybridized carbons (Fsp3) is 0.294. The number of methoxy groups -OCH3 is 1. The standard InChI is InChI=1S/C34H38FN3O3/c1-26(2)17-19-37(34(40)29-13-8-14-30(35)21-29)25-33(39)38(22-27-10-5-4-6-11-27)24-31-15-9-18-36(31)23-28-12-7-16-32(20-28)41-3/h4-16,18,20-21,26H,17,19,22-25H2,1-3H3. The first-order valence-corrected chi connectivity index (χ1v) is 14.0. The van der Waals surface area contributed by atoms with Crippen LogP contribution in [0.15, 0.2) is 97.2 Å². The summed E-state index contributed by atoms with van der Waals surface area (Å²) in [7, 11) is 1.65. The third-order valence-corrected chi connectivity index (χ3v) is 6.99. The van der Waals surface area contributed by atoms with Gasteiger partial charge < -0.3 is 19.1 Å². The fourth-order valence-corrected chi connectivity index (χ4v) is 4.68. The molecule has 0 unspecified atom stereocenters. The molecule has 0 radical (unpaired) electrons. The summed E-state index contributed by atoms with van der Waals surface area (Å²) in [5, 5.41) is 0. The lowest BCUT2D eigenvalue weighted by Crippen LogP contribution is -2.43. The number of amides is 2. The molecule has 4 aromatic rings. The Morgan fingerprint density at radius 1 is 0.854 bits per heavy atom. The Morgan fingerprint density at radius 2 is 1.61 bits per heavy atom. The first-order valence-electron chi connectivity index (χ1n) is 14.0. The van der Waals surface area contributed by atoms with Gasteiger partial charge >= 0.3 is 0 Å². The number of halogens is 1. The van der Waals surface area contributed by atoms with E-state index in [0.29, 0.717) is 32.1 Å². The molecular weight excluding hydrogens is 517 g/mol. The van der Waals surface area contributed by atoms with Crippen molar-refractivity contribution in [1.82, 2.24) is 14.4 Å². The molecule has 0 saturated carbocycles. The minimum Gasteiger partial charge on any atom is -0.497 e. The highest BCUT2D eigenvalue weighted by Crippen LogP contribution is 2.18. The van der Waals surface area contributed by atoms with Crippen LogP contribution in [0, 0.1) is 11.7 Å². The van der Waals surface area contributed by atoms with E-state index in [-0.39, 0.29) is 23.9 Å². The van der Waals surface area contributed by atoms with Crippen LogP contribution in [0.25, 0.3) is 0 Å². The van der Waals surface area contributed by atoms with Crippen LogP contribution in [0.4, 0.5) is 4.39 Å². The molecule has 6 nitrogen and oxygen atoms in total. The van der Waals surface area contributed by atoms with E-state index in [1.807, 2.05) is 72.9 Å². The van der Waals surface area contributed by atoms with Crippen LogP contribution in [0.2, 0.25) is 0 Å². The van der Waals surface area contributed by atoms with Crippen LogP contribution in [0.1, 0.15) is 47.4 Å². The number of benzene rings is 3. The van der Waals surface area contributed by atoms with Crippen molar-refractivity contribution in [3.8, 4) is 5.75 Å². The fourth-order valence-electron chi connectivity index (χ4n) is 4.68. The van der Waals surface area contributed by atoms with E-state index in [9.17, 15) is 14.0 Å². The zero-order chi connectivity index (χ0) is 29.2. The van der Waals surface area contributed by atoms with Crippen molar-refractivity contribution in [3.05, 3.63) is 125 Å². The quantitative estimate of drug-likeness (QED) is 0.192. The second-order valence-electron chi connectivity index (χ2n) is 10.6. The van der Waals surface area contributed by atoms with Gasteiger partial charge in [0, 0.05) is 37.1 Å². The van der Waals surface area contributed by atoms with Gasteiger partial charge in [-0.1, -0.05) is 62.4 Å². The number of hydrogen-bond acceptors (Lipinski definition) is 3. The number of ether oxygens (including phenoxy) is 1. The summed E-state index contributed by atoms with van der Waals surface area (Å²) < 4.78 is 21.4. The minimum atomic E-state index is -0.478. The molecule has 0 spiro atoms. The van der Waals surface area contributed by atoms with Gasteiger partial charge in [-0.05, 0) is 65.9 Å². The van der Waals surface area contributed by atoms with Gasteiger partial charge in [0.05, 0.1) is 13.7 Å². The predicted octanol–water partition coefficient (Wildman–Crippen LogP) is 6.40. The second-order valence-corrected chi connectivity index (χ2v) is 10.6. The van der Waals surface area contributed by atoms with Crippen molar-refractivity contribution in [2.45, 2.75) is 39.9 Å². The van der Waals surface area contributed by atoms with Gasteiger partial charge in [-0.15, -0.1) is 0 Å². The Hall–Kier alpha value is -4.39. The first-order chi connectivity index (χ1) is 19.8. The zero-order valence-electron chi connectivity index (χ0n) is 24.0. The van der Waals surface area contributed by atoms with Crippen molar-refractivity contribution in [2.24, 2.45) is 5.92 Å². The predicted molar refractivity (Wildman–Crippen MR) is 159 cm³/mol. The lowest BCUT2D eigenvalue weighted by atomic mass is 10.1. The van der Waals surface area contributed by atoms with Crippen LogP contribution >= 0.6 is 0 Å². The molecule has 2 amide bonds. The highest BCUT2D eigenvalue weighted by Gasteiger charge is 2.24. The van der Waals surface area contributed by atoms with E-state index in [4.69, 9.17) is 4.74 Å². The molecule has 0 fully saturated rings. The van der Waals surface area contributed by atoms with Gasteiger partial charge in [-0.25, -0.2) is 4.39 Å². The molecule has 0 saturated heterocycles. The molecule has 7 heteroatoms. The first kappa shape index (κ1) is 29.6. The maximum atomic E-state index is 13.9. The number of nitrogens with zero attached hydrogens (tertiary/aromatic N) is 3. The summed E-state index contributed by atoms with van der Waals surface area (Å²) in [5.41, 5.74) is 3.30. The van der Waals surface area contributed by atoms with Crippen LogP contribution in [0.5, 0.6) is 5.75 Å². The Kier molecular flexibility index (Phi) is 10.3. The number of aromatic nitrogens is 1. The number of hydrogen-bond donors (Lipinski definition) is 0. The molecular formula is C34H38FN3O3. The maximum absolute atomic E-state index is 13.9. The summed E-state index contributed by atoms with van der Waals surface area (Å²) >= 11 is 0. The van der Waals surface area contributed by atoms with Crippen molar-refractivity contribution < 1.29 is 18.7 Å². The topological polar surface area (TPSA) is 54.8 Å². The van der Waals surface area contributed by atoms with Gasteiger partial charge in [0.15, 0.2) is 0 Å². The van der Waals surface area contributed by atoms with Gasteiger partial charge in [-0.3, -0.25) is 9.59 Å². The monoisotopic (exact) mass is 555 g/mol. The van der Waals surface area contributed by atoms with Crippen LogP contribution in [-0.4, -0.2) is 46.4 Å². The van der Waals surface area contributed by atoms with Crippen molar-refractivity contribution in [2.75, 3.05) is 20.2 Å². The van der Waals surface area contributed by atoms with E-state index < -0.39 is 5.82 Å². The SMILES string of the molecule is COc1cccc(Cn2cccc2CN(Cc2ccccc2)C(=O)CN(CCC(C)C)C(=O)c2cccc(F)c2)c1. The van der Waals surface area contributed by atoms with Crippen LogP contribution in [-0.2, 0) is 24.4 Å². The Balaban J connectivity index is 1.57. The summed E-state index contributed by atoms with van der Waals surface area (Å²) in [4.78, 5) is 30.7. The van der Waals surface area contributed by atoms with E-state index in [2.05, 4.69) is 18.4 Å². The lowest BCUT2D eigenvalue weighted by Gasteiger charge is -2.29. The lowest BCUT2D eigenvalue weighted by molar-refractivity contribution is -0.133. The molecule has 0 bridgehead atoms. The molecule has 0 aliphatic carbocycles. The van der Waals surface area contributed by atoms with E-state index in [1.165, 1.54) is 18.2 Å². The summed E-state index contributed by atoms with van der Waals surface area (Å²) in [5.74, 6) is 0.138. The zero-order valence-corrected chi connectivity index (χ0v) is 24.0. The molecule has 0 atom stereocenters. The van der Waals surface area contributed by atoms with Crippen LogP contribution in [0.3, 0.4) is 0 Å². The van der Waals surface area contributed by atoms with Crippen molar-refractivity contribution in [1.29, 1.82) is 0 Å². The highest BCUT2D eigenvalue weighted by molar-refractivity contribution is 5.96. The molecule has 4 rings (SSSR count). The Labute approximate surface area is 242 Å². The summed E-state index contributed by atoms with van der Waals surface area (Å²) in [6.45, 7) is 5.86. The average Bonchev–Trinajstić information content (AvgIpc) is 3.41. The number of carbonyl (C=O) groups is 2. The average molecular weight is 556 g/mol. The van der Waals surface area contributed by atoms with Gasteiger partial charge in [0.25, 0.3) is 5.91 Å². The highest BCUT2D eigenvalue weighted by atomic mass is 19.1. The summed E-state index contributed by atoms with van der Waals surface area (Å²) in [6, 6.07) is 27.4. The third-order valence-electron chi connectivity index (χ3n) is 6.99. The Morgan fingerprint density at radius 3 is 2.34 bits per heavy atom. The van der Waals surface area contributed by atoms with Gasteiger partial charge in [0.2, 0.25) is 5.91 Å². The molecule has 0 aliphatic heterocycles. The third kappa shape index (κ3) is 8.55. The Bertz CT molecular complexity index is 1430. The maximum Gasteiger partial charge on any atom is 0.254 e. The van der Waals surface area contributed by atoms with Gasteiger partial charge in [0.1, 0.15) is 18.1 Å². The van der Waals surface area contributed by atoms with Crippen molar-refractivity contribution in [3.63, 3.8) is 0 Å². The molecule has 41 heavy (non-hydrogen) atoms. The molecule has 1 aromatic heterocycles. The number of carbonyl (C=O) groups excluding carboxylic acids is 2. The van der Waals surface area contributed by atoms with Crippen LogP contribution < -0.4 is 4.74 Å². The normalized spacial score (nSPS) is 11.0. The van der Waals surface area contributed by atoms with Crippen molar-refractivity contribution >= 4 is 11.8 Å². The minimum absolute atomic E-state index is 0.0918. The number of rotatable bonds is 13. The summed E-state index contributed by atoms with van der Waals surface area (Å²) in [6.07, 6.45) is 2.73. The van der Waals surface area contributed by atoms with E-state index in [0.717, 1.165) is 29.0 Å². The smallest absolute Gasteiger partial charge is 0.254 e. The molecule has 0 N–H and O–H groups in total. The van der Waals surface area contributed by atoms with Gasteiger partial charge in [-0.2, -0.15) is 0 Å². The largest absolute Gasteiger partial charge is 0.497 e.